The van der Waals surface area contributed by atoms with E-state index in [4.69, 9.17) is 0 Å². The molecular formula is C21H25N3O2. The van der Waals surface area contributed by atoms with Crippen LogP contribution in [0.15, 0.2) is 48.5 Å². The van der Waals surface area contributed by atoms with Crippen LogP contribution in [0.1, 0.15) is 24.5 Å². The molecule has 0 unspecified atom stereocenters. The Kier molecular flexibility index (Phi) is 5.89. The number of nitrogens with zero attached hydrogens (tertiary/aromatic N) is 1. The van der Waals surface area contributed by atoms with Crippen molar-refractivity contribution in [1.82, 2.24) is 5.32 Å². The first-order chi connectivity index (χ1) is 12.7. The monoisotopic (exact) mass is 351 g/mol. The van der Waals surface area contributed by atoms with Crippen molar-refractivity contribution >= 4 is 23.2 Å². The maximum Gasteiger partial charge on any atom is 0.313 e. The van der Waals surface area contributed by atoms with Gasteiger partial charge in [-0.15, -0.1) is 0 Å². The maximum atomic E-state index is 11.9. The van der Waals surface area contributed by atoms with Gasteiger partial charge in [-0.25, -0.2) is 0 Å². The van der Waals surface area contributed by atoms with Crippen LogP contribution in [0, 0.1) is 0 Å². The predicted octanol–water partition coefficient (Wildman–Crippen LogP) is 2.76. The number of hydrogen-bond donors (Lipinski definition) is 2. The Morgan fingerprint density at radius 2 is 1.88 bits per heavy atom. The molecule has 0 spiro atoms. The molecule has 0 aliphatic carbocycles. The van der Waals surface area contributed by atoms with Gasteiger partial charge in [-0.1, -0.05) is 30.3 Å². The molecule has 2 N–H and O–H groups in total. The van der Waals surface area contributed by atoms with E-state index in [0.29, 0.717) is 18.7 Å². The van der Waals surface area contributed by atoms with E-state index in [1.807, 2.05) is 18.2 Å². The number of carbonyl (C=O) groups excluding carboxylic acids is 2. The van der Waals surface area contributed by atoms with Crippen molar-refractivity contribution in [2.24, 2.45) is 0 Å². The van der Waals surface area contributed by atoms with Gasteiger partial charge in [0, 0.05) is 31.0 Å². The van der Waals surface area contributed by atoms with Crippen LogP contribution in [0.3, 0.4) is 0 Å². The molecule has 0 bridgehead atoms. The van der Waals surface area contributed by atoms with Crippen LogP contribution in [0.2, 0.25) is 0 Å². The second-order valence-corrected chi connectivity index (χ2v) is 6.47. The maximum absolute atomic E-state index is 11.9. The highest BCUT2D eigenvalue weighted by Gasteiger charge is 2.16. The molecule has 2 aromatic rings. The predicted molar refractivity (Wildman–Crippen MR) is 104 cm³/mol. The van der Waals surface area contributed by atoms with Crippen LogP contribution in [-0.2, 0) is 22.4 Å². The van der Waals surface area contributed by atoms with E-state index in [9.17, 15) is 9.59 Å². The zero-order valence-corrected chi connectivity index (χ0v) is 15.1. The summed E-state index contributed by atoms with van der Waals surface area (Å²) in [6, 6.07) is 15.5. The fourth-order valence-corrected chi connectivity index (χ4v) is 3.32. The Morgan fingerprint density at radius 3 is 2.65 bits per heavy atom. The van der Waals surface area contributed by atoms with Gasteiger partial charge in [0.1, 0.15) is 0 Å². The zero-order valence-electron chi connectivity index (χ0n) is 15.1. The number of aryl methyl sites for hydroxylation is 1. The van der Waals surface area contributed by atoms with Crippen molar-refractivity contribution in [3.05, 3.63) is 59.7 Å². The number of amides is 2. The SMILES string of the molecule is CCN1CCCc2cc(CCNC(=O)C(=O)Nc3ccccc3)ccc21. The lowest BCUT2D eigenvalue weighted by Crippen LogP contribution is -2.36. The normalized spacial score (nSPS) is 13.0. The Labute approximate surface area is 154 Å². The molecule has 0 saturated heterocycles. The van der Waals surface area contributed by atoms with E-state index in [1.165, 1.54) is 23.2 Å². The third kappa shape index (κ3) is 4.42. The first kappa shape index (κ1) is 18.0. The average Bonchev–Trinajstić information content (AvgIpc) is 2.68. The summed E-state index contributed by atoms with van der Waals surface area (Å²) < 4.78 is 0. The van der Waals surface area contributed by atoms with E-state index in [0.717, 1.165) is 19.5 Å². The van der Waals surface area contributed by atoms with Gasteiger partial charge in [-0.05, 0) is 55.5 Å². The number of fused-ring (bicyclic) bond motifs is 1. The summed E-state index contributed by atoms with van der Waals surface area (Å²) in [7, 11) is 0. The third-order valence-electron chi connectivity index (χ3n) is 4.68. The van der Waals surface area contributed by atoms with Gasteiger partial charge in [-0.3, -0.25) is 9.59 Å². The second-order valence-electron chi connectivity index (χ2n) is 6.47. The van der Waals surface area contributed by atoms with E-state index in [-0.39, 0.29) is 0 Å². The third-order valence-corrected chi connectivity index (χ3v) is 4.68. The second kappa shape index (κ2) is 8.52. The van der Waals surface area contributed by atoms with Crippen LogP contribution in [0.5, 0.6) is 0 Å². The molecule has 1 aliphatic rings. The minimum atomic E-state index is -0.639. The summed E-state index contributed by atoms with van der Waals surface area (Å²) in [6.45, 7) is 4.77. The standard InChI is InChI=1S/C21H25N3O2/c1-2-24-14-6-7-17-15-16(10-11-19(17)24)12-13-22-20(25)21(26)23-18-8-4-3-5-9-18/h3-5,8-11,15H,2,6-7,12-14H2,1H3,(H,22,25)(H,23,26). The highest BCUT2D eigenvalue weighted by molar-refractivity contribution is 6.39. The van der Waals surface area contributed by atoms with Crippen LogP contribution in [0.25, 0.3) is 0 Å². The molecule has 1 aliphatic heterocycles. The number of nitrogens with one attached hydrogen (secondary N) is 2. The van der Waals surface area contributed by atoms with Gasteiger partial charge in [-0.2, -0.15) is 0 Å². The highest BCUT2D eigenvalue weighted by Crippen LogP contribution is 2.27. The lowest BCUT2D eigenvalue weighted by Gasteiger charge is -2.30. The Balaban J connectivity index is 1.50. The Bertz CT molecular complexity index is 774. The summed E-state index contributed by atoms with van der Waals surface area (Å²) in [5.74, 6) is -1.25. The largest absolute Gasteiger partial charge is 0.372 e. The zero-order chi connectivity index (χ0) is 18.4. The first-order valence-corrected chi connectivity index (χ1v) is 9.18. The molecule has 2 amide bonds. The van der Waals surface area contributed by atoms with Gasteiger partial charge in [0.25, 0.3) is 0 Å². The lowest BCUT2D eigenvalue weighted by molar-refractivity contribution is -0.136. The number of carbonyl (C=O) groups is 2. The minimum Gasteiger partial charge on any atom is -0.372 e. The van der Waals surface area contributed by atoms with E-state index in [2.05, 4.69) is 40.7 Å². The highest BCUT2D eigenvalue weighted by atomic mass is 16.2. The smallest absolute Gasteiger partial charge is 0.313 e. The van der Waals surface area contributed by atoms with Crippen LogP contribution in [0.4, 0.5) is 11.4 Å². The molecule has 1 heterocycles. The van der Waals surface area contributed by atoms with Crippen LogP contribution < -0.4 is 15.5 Å². The number of anilines is 2. The van der Waals surface area contributed by atoms with Crippen LogP contribution >= 0.6 is 0 Å². The van der Waals surface area contributed by atoms with Crippen molar-refractivity contribution in [3.8, 4) is 0 Å². The Morgan fingerprint density at radius 1 is 1.08 bits per heavy atom. The number of para-hydroxylation sites is 1. The number of hydrogen-bond acceptors (Lipinski definition) is 3. The lowest BCUT2D eigenvalue weighted by atomic mass is 9.98. The van der Waals surface area contributed by atoms with Gasteiger partial charge in [0.05, 0.1) is 0 Å². The minimum absolute atomic E-state index is 0.442. The van der Waals surface area contributed by atoms with Crippen molar-refractivity contribution < 1.29 is 9.59 Å². The molecule has 0 aromatic heterocycles. The van der Waals surface area contributed by atoms with Gasteiger partial charge in [0.15, 0.2) is 0 Å². The molecule has 136 valence electrons. The van der Waals surface area contributed by atoms with Gasteiger partial charge < -0.3 is 15.5 Å². The molecule has 0 atom stereocenters. The molecule has 2 aromatic carbocycles. The summed E-state index contributed by atoms with van der Waals surface area (Å²) in [5.41, 5.74) is 4.51. The van der Waals surface area contributed by atoms with Crippen molar-refractivity contribution in [1.29, 1.82) is 0 Å². The summed E-state index contributed by atoms with van der Waals surface area (Å²) >= 11 is 0. The molecule has 0 fully saturated rings. The fourth-order valence-electron chi connectivity index (χ4n) is 3.32. The van der Waals surface area contributed by atoms with E-state index < -0.39 is 11.8 Å². The quantitative estimate of drug-likeness (QED) is 0.815. The molecule has 5 heteroatoms. The van der Waals surface area contributed by atoms with Crippen LogP contribution in [-0.4, -0.2) is 31.4 Å². The average molecular weight is 351 g/mol. The van der Waals surface area contributed by atoms with Crippen molar-refractivity contribution in [2.75, 3.05) is 29.9 Å². The fraction of sp³-hybridized carbons (Fsp3) is 0.333. The summed E-state index contributed by atoms with van der Waals surface area (Å²) in [5, 5.41) is 5.28. The Hall–Kier alpha value is -2.82. The molecule has 0 saturated carbocycles. The van der Waals surface area contributed by atoms with E-state index in [1.54, 1.807) is 12.1 Å². The van der Waals surface area contributed by atoms with E-state index >= 15 is 0 Å². The molecule has 0 radical (unpaired) electrons. The van der Waals surface area contributed by atoms with Gasteiger partial charge >= 0.3 is 11.8 Å². The topological polar surface area (TPSA) is 61.4 Å². The van der Waals surface area contributed by atoms with Crippen molar-refractivity contribution in [2.45, 2.75) is 26.2 Å². The van der Waals surface area contributed by atoms with Gasteiger partial charge in [0.2, 0.25) is 0 Å². The molecule has 3 rings (SSSR count). The molecule has 5 nitrogen and oxygen atoms in total. The number of benzene rings is 2. The van der Waals surface area contributed by atoms with Crippen molar-refractivity contribution in [3.63, 3.8) is 0 Å². The molecule has 26 heavy (non-hydrogen) atoms. The summed E-state index contributed by atoms with van der Waals surface area (Å²) in [6.07, 6.45) is 3.00. The molecular weight excluding hydrogens is 326 g/mol. The first-order valence-electron chi connectivity index (χ1n) is 9.18. The number of rotatable bonds is 5. The summed E-state index contributed by atoms with van der Waals surface area (Å²) in [4.78, 5) is 26.2.